The Morgan fingerprint density at radius 1 is 0.945 bits per heavy atom. The molecule has 0 spiro atoms. The fourth-order valence-electron chi connectivity index (χ4n) is 7.36. The van der Waals surface area contributed by atoms with Crippen LogP contribution in [-0.4, -0.2) is 120 Å². The number of hydrogen-bond acceptors (Lipinski definition) is 8. The number of benzene rings is 3. The van der Waals surface area contributed by atoms with E-state index in [0.717, 1.165) is 43.5 Å². The zero-order valence-electron chi connectivity index (χ0n) is 31.2. The number of aromatic hydroxyl groups is 1. The number of carbonyl (C=O) groups excluding carboxylic acids is 3. The van der Waals surface area contributed by atoms with Crippen LogP contribution in [0.5, 0.6) is 5.75 Å². The molecule has 2 heterocycles. The summed E-state index contributed by atoms with van der Waals surface area (Å²) in [7, 11) is 3.16. The van der Waals surface area contributed by atoms with E-state index in [-0.39, 0.29) is 42.8 Å². The number of hydrogen-bond donors (Lipinski definition) is 1. The molecule has 11 nitrogen and oxygen atoms in total. The van der Waals surface area contributed by atoms with Gasteiger partial charge < -0.3 is 34.3 Å². The molecule has 1 N–H and O–H groups in total. The first kappa shape index (κ1) is 42.4. The fraction of sp³-hybridized carbons (Fsp3) is 0.450. The van der Waals surface area contributed by atoms with Crippen molar-refractivity contribution >= 4 is 70.0 Å². The van der Waals surface area contributed by atoms with Crippen LogP contribution in [0.2, 0.25) is 20.1 Å². The molecule has 5 rings (SSSR count). The van der Waals surface area contributed by atoms with Crippen molar-refractivity contribution < 1.29 is 29.1 Å². The summed E-state index contributed by atoms with van der Waals surface area (Å²) in [6.45, 7) is 5.46. The number of phenols is 1. The Morgan fingerprint density at radius 3 is 2.27 bits per heavy atom. The maximum absolute atomic E-state index is 14.0. The maximum atomic E-state index is 14.0. The Labute approximate surface area is 342 Å². The Hall–Kier alpha value is -3.74. The van der Waals surface area contributed by atoms with Gasteiger partial charge in [0.25, 0.3) is 5.91 Å². The zero-order valence-corrected chi connectivity index (χ0v) is 34.3. The summed E-state index contributed by atoms with van der Waals surface area (Å²) in [5.41, 5.74) is 2.70. The number of piperidine rings is 1. The van der Waals surface area contributed by atoms with Gasteiger partial charge in [-0.05, 0) is 92.7 Å². The number of amides is 3. The minimum atomic E-state index is -0.765. The lowest BCUT2D eigenvalue weighted by molar-refractivity contribution is -0.149. The van der Waals surface area contributed by atoms with E-state index in [1.165, 1.54) is 7.11 Å². The number of phenolic OH excluding ortho intramolecular Hbond substituents is 1. The molecule has 0 aromatic heterocycles. The van der Waals surface area contributed by atoms with Gasteiger partial charge in [0.2, 0.25) is 0 Å². The normalized spacial score (nSPS) is 16.9. The first-order valence-electron chi connectivity index (χ1n) is 18.4. The standard InChI is InChI=1S/C40H47Cl4N5O6/c1-4-55-39(52)37(20-26-6-9-32(50)10-7-26)49-16-5-15-48(40(49)53)31-12-17-47(18-13-31)19-14-33(27-8-11-34(43)35(44)23-27)36(45-54-3)25-46(2)38(51)28-21-29(41)24-30(42)22-28/h6-11,21-24,31,33,37,50H,4-5,12-20,25H2,1-3H3/t33?,37-/m0/s1. The molecule has 0 radical (unpaired) electrons. The van der Waals surface area contributed by atoms with Gasteiger partial charge in [0.1, 0.15) is 18.9 Å². The number of carbonyl (C=O) groups is 3. The second-order valence-electron chi connectivity index (χ2n) is 13.8. The lowest BCUT2D eigenvalue weighted by Crippen LogP contribution is -2.60. The van der Waals surface area contributed by atoms with Gasteiger partial charge >= 0.3 is 12.0 Å². The van der Waals surface area contributed by atoms with Crippen LogP contribution >= 0.6 is 46.4 Å². The molecule has 3 aromatic carbocycles. The first-order valence-corrected chi connectivity index (χ1v) is 19.9. The van der Waals surface area contributed by atoms with Crippen molar-refractivity contribution in [1.29, 1.82) is 0 Å². The van der Waals surface area contributed by atoms with Crippen LogP contribution in [0.15, 0.2) is 65.8 Å². The third-order valence-corrected chi connectivity index (χ3v) is 11.3. The van der Waals surface area contributed by atoms with Crippen molar-refractivity contribution in [3.63, 3.8) is 0 Å². The number of nitrogens with zero attached hydrogens (tertiary/aromatic N) is 5. The van der Waals surface area contributed by atoms with E-state index in [1.807, 2.05) is 17.0 Å². The minimum Gasteiger partial charge on any atom is -0.508 e. The van der Waals surface area contributed by atoms with E-state index < -0.39 is 12.0 Å². The molecule has 2 aliphatic rings. The number of halogens is 4. The molecule has 2 aliphatic heterocycles. The van der Waals surface area contributed by atoms with Gasteiger partial charge in [-0.25, -0.2) is 9.59 Å². The van der Waals surface area contributed by atoms with Crippen LogP contribution < -0.4 is 0 Å². The Morgan fingerprint density at radius 2 is 1.64 bits per heavy atom. The van der Waals surface area contributed by atoms with Crippen LogP contribution in [0.4, 0.5) is 4.79 Å². The predicted molar refractivity (Wildman–Crippen MR) is 217 cm³/mol. The molecule has 15 heteroatoms. The Bertz CT molecular complexity index is 1820. The van der Waals surface area contributed by atoms with Gasteiger partial charge in [-0.15, -0.1) is 0 Å². The van der Waals surface area contributed by atoms with Gasteiger partial charge in [0.05, 0.1) is 28.9 Å². The summed E-state index contributed by atoms with van der Waals surface area (Å²) in [5, 5.41) is 15.7. The molecule has 1 unspecified atom stereocenters. The van der Waals surface area contributed by atoms with Crippen LogP contribution in [0.25, 0.3) is 0 Å². The van der Waals surface area contributed by atoms with Gasteiger partial charge in [0.15, 0.2) is 0 Å². The van der Waals surface area contributed by atoms with Gasteiger partial charge in [-0.2, -0.15) is 0 Å². The third kappa shape index (κ3) is 11.2. The Balaban J connectivity index is 1.26. The molecule has 2 saturated heterocycles. The molecule has 3 amide bonds. The van der Waals surface area contributed by atoms with Crippen molar-refractivity contribution in [3.05, 3.63) is 97.4 Å². The second-order valence-corrected chi connectivity index (χ2v) is 15.5. The quantitative estimate of drug-likeness (QED) is 0.0938. The van der Waals surface area contributed by atoms with E-state index in [2.05, 4.69) is 10.1 Å². The summed E-state index contributed by atoms with van der Waals surface area (Å²) in [6.07, 6.45) is 3.23. The molecule has 2 fully saturated rings. The number of oxime groups is 1. The van der Waals surface area contributed by atoms with Crippen molar-refractivity contribution in [2.24, 2.45) is 5.16 Å². The fourth-order valence-corrected chi connectivity index (χ4v) is 8.20. The van der Waals surface area contributed by atoms with Crippen molar-refractivity contribution in [2.45, 2.75) is 57.0 Å². The summed E-state index contributed by atoms with van der Waals surface area (Å²) in [5.74, 6) is -0.839. The lowest BCUT2D eigenvalue weighted by atomic mass is 9.89. The molecule has 0 aliphatic carbocycles. The topological polar surface area (TPSA) is 115 Å². The first-order chi connectivity index (χ1) is 26.4. The number of esters is 1. The smallest absolute Gasteiger partial charge is 0.329 e. The number of ether oxygens (including phenoxy) is 1. The highest BCUT2D eigenvalue weighted by molar-refractivity contribution is 6.42. The molecule has 0 saturated carbocycles. The molecular formula is C40H47Cl4N5O6. The highest BCUT2D eigenvalue weighted by atomic mass is 35.5. The van der Waals surface area contributed by atoms with Crippen molar-refractivity contribution in [1.82, 2.24) is 19.6 Å². The average molecular weight is 836 g/mol. The van der Waals surface area contributed by atoms with E-state index in [4.69, 9.17) is 56.0 Å². The van der Waals surface area contributed by atoms with Crippen LogP contribution in [0, 0.1) is 0 Å². The highest BCUT2D eigenvalue weighted by Gasteiger charge is 2.39. The van der Waals surface area contributed by atoms with E-state index in [1.54, 1.807) is 72.3 Å². The molecular weight excluding hydrogens is 788 g/mol. The van der Waals surface area contributed by atoms with Gasteiger partial charge in [0, 0.05) is 67.2 Å². The number of rotatable bonds is 15. The van der Waals surface area contributed by atoms with Crippen LogP contribution in [-0.2, 0) is 20.8 Å². The third-order valence-electron chi connectivity index (χ3n) is 10.1. The monoisotopic (exact) mass is 833 g/mol. The molecule has 296 valence electrons. The average Bonchev–Trinajstić information content (AvgIpc) is 3.16. The van der Waals surface area contributed by atoms with Crippen LogP contribution in [0.3, 0.4) is 0 Å². The molecule has 2 atom stereocenters. The molecule has 0 bridgehead atoms. The minimum absolute atomic E-state index is 0.0270. The summed E-state index contributed by atoms with van der Waals surface area (Å²) < 4.78 is 5.41. The van der Waals surface area contributed by atoms with Crippen LogP contribution in [0.1, 0.15) is 60.0 Å². The molecule has 55 heavy (non-hydrogen) atoms. The van der Waals surface area contributed by atoms with E-state index in [0.29, 0.717) is 63.8 Å². The van der Waals surface area contributed by atoms with Gasteiger partial charge in [-0.1, -0.05) is 69.8 Å². The number of likely N-dealkylation sites (tertiary alicyclic amines) is 1. The van der Waals surface area contributed by atoms with E-state index >= 15 is 0 Å². The summed E-state index contributed by atoms with van der Waals surface area (Å²) >= 11 is 25.2. The molecule has 3 aromatic rings. The van der Waals surface area contributed by atoms with E-state index in [9.17, 15) is 19.5 Å². The summed E-state index contributed by atoms with van der Waals surface area (Å²) in [4.78, 5) is 53.5. The van der Waals surface area contributed by atoms with Crippen molar-refractivity contribution in [3.8, 4) is 5.75 Å². The van der Waals surface area contributed by atoms with Gasteiger partial charge in [-0.3, -0.25) is 4.79 Å². The SMILES string of the molecule is CCOC(=O)[C@H](Cc1ccc(O)cc1)N1CCCN(C2CCN(CCC(C(CN(C)C(=O)c3cc(Cl)cc(Cl)c3)=NOC)c3ccc(Cl)c(Cl)c3)CC2)C1=O. The summed E-state index contributed by atoms with van der Waals surface area (Å²) in [6, 6.07) is 16.0. The Kier molecular flexibility index (Phi) is 15.4. The van der Waals surface area contributed by atoms with Crippen molar-refractivity contribution in [2.75, 3.05) is 60.0 Å². The second kappa shape index (κ2) is 19.9. The number of urea groups is 1. The predicted octanol–water partition coefficient (Wildman–Crippen LogP) is 8.02. The highest BCUT2D eigenvalue weighted by Crippen LogP contribution is 2.31. The maximum Gasteiger partial charge on any atom is 0.329 e. The largest absolute Gasteiger partial charge is 0.508 e. The zero-order chi connectivity index (χ0) is 39.6. The lowest BCUT2D eigenvalue weighted by Gasteiger charge is -2.45.